The molecule has 0 radical (unpaired) electrons. The molecule has 1 atom stereocenters. The lowest BCUT2D eigenvalue weighted by Crippen LogP contribution is -2.51. The van der Waals surface area contributed by atoms with Gasteiger partial charge in [0.2, 0.25) is 5.91 Å². The van der Waals surface area contributed by atoms with E-state index in [1.54, 1.807) is 0 Å². The molecule has 7 nitrogen and oxygen atoms in total. The van der Waals surface area contributed by atoms with E-state index in [9.17, 15) is 14.0 Å². The Kier molecular flexibility index (Phi) is 7.35. The molecule has 1 aromatic rings. The van der Waals surface area contributed by atoms with Crippen molar-refractivity contribution in [3.63, 3.8) is 0 Å². The Morgan fingerprint density at radius 3 is 2.54 bits per heavy atom. The number of halogens is 1. The van der Waals surface area contributed by atoms with Gasteiger partial charge in [-0.2, -0.15) is 0 Å². The van der Waals surface area contributed by atoms with Crippen molar-refractivity contribution < 1.29 is 18.7 Å². The molecule has 0 saturated carbocycles. The summed E-state index contributed by atoms with van der Waals surface area (Å²) in [4.78, 5) is 25.6. The fourth-order valence-corrected chi connectivity index (χ4v) is 2.96. The lowest BCUT2D eigenvalue weighted by atomic mass is 10.0. The van der Waals surface area contributed by atoms with Gasteiger partial charge in [0.15, 0.2) is 0 Å². The van der Waals surface area contributed by atoms with Gasteiger partial charge in [-0.3, -0.25) is 9.69 Å². The Bertz CT molecular complexity index is 633. The van der Waals surface area contributed by atoms with E-state index in [-0.39, 0.29) is 23.7 Å². The molecular weight excluding hydrogens is 339 g/mol. The van der Waals surface area contributed by atoms with Gasteiger partial charge in [-0.25, -0.2) is 9.18 Å². The molecule has 8 heteroatoms. The number of ether oxygens (including phenoxy) is 1. The first kappa shape index (κ1) is 20.1. The topological polar surface area (TPSA) is 82.7 Å². The summed E-state index contributed by atoms with van der Waals surface area (Å²) in [6.07, 6.45) is 0. The van der Waals surface area contributed by atoms with Crippen LogP contribution in [0.25, 0.3) is 0 Å². The van der Waals surface area contributed by atoms with Crippen LogP contribution in [-0.2, 0) is 9.53 Å². The third-order valence-corrected chi connectivity index (χ3v) is 4.29. The molecule has 1 aliphatic heterocycles. The molecule has 1 aliphatic rings. The second-order valence-corrected chi connectivity index (χ2v) is 6.67. The van der Waals surface area contributed by atoms with E-state index in [0.29, 0.717) is 31.4 Å². The van der Waals surface area contributed by atoms with Gasteiger partial charge in [-0.15, -0.1) is 0 Å². The molecule has 3 amide bonds. The molecule has 1 saturated heterocycles. The number of morpholine rings is 1. The zero-order valence-electron chi connectivity index (χ0n) is 15.5. The minimum absolute atomic E-state index is 0.0312. The van der Waals surface area contributed by atoms with Crippen LogP contribution in [0.2, 0.25) is 0 Å². The molecule has 0 spiro atoms. The standard InChI is InChI=1S/C18H27FN4O3/c1-12(2)17(23-6-8-26-9-7-23)11-20-18(25)22-14-4-5-15(19)16(10-14)21-13(3)24/h4-5,10,12,17H,6-9,11H2,1-3H3,(H,21,24)(H2,20,22,25). The summed E-state index contributed by atoms with van der Waals surface area (Å²) in [6, 6.07) is 3.88. The first-order valence-electron chi connectivity index (χ1n) is 8.80. The van der Waals surface area contributed by atoms with Crippen molar-refractivity contribution in [2.75, 3.05) is 43.5 Å². The van der Waals surface area contributed by atoms with Crippen LogP contribution >= 0.6 is 0 Å². The van der Waals surface area contributed by atoms with Crippen molar-refractivity contribution in [3.8, 4) is 0 Å². The SMILES string of the molecule is CC(=O)Nc1cc(NC(=O)NCC(C(C)C)N2CCOCC2)ccc1F. The first-order chi connectivity index (χ1) is 12.4. The fourth-order valence-electron chi connectivity index (χ4n) is 2.96. The molecule has 0 aromatic heterocycles. The number of hydrogen-bond donors (Lipinski definition) is 3. The predicted octanol–water partition coefficient (Wildman–Crippen LogP) is 2.26. The molecule has 3 N–H and O–H groups in total. The van der Waals surface area contributed by atoms with E-state index < -0.39 is 5.82 Å². The Morgan fingerprint density at radius 2 is 1.92 bits per heavy atom. The number of urea groups is 1. The first-order valence-corrected chi connectivity index (χ1v) is 8.80. The summed E-state index contributed by atoms with van der Waals surface area (Å²) in [7, 11) is 0. The molecule has 0 aliphatic carbocycles. The van der Waals surface area contributed by atoms with E-state index >= 15 is 0 Å². The Labute approximate surface area is 153 Å². The molecular formula is C18H27FN4O3. The number of nitrogens with zero attached hydrogens (tertiary/aromatic N) is 1. The summed E-state index contributed by atoms with van der Waals surface area (Å²) < 4.78 is 19.0. The average Bonchev–Trinajstić information content (AvgIpc) is 2.58. The number of benzene rings is 1. The van der Waals surface area contributed by atoms with Crippen molar-refractivity contribution in [3.05, 3.63) is 24.0 Å². The van der Waals surface area contributed by atoms with Crippen LogP contribution in [0.4, 0.5) is 20.6 Å². The number of rotatable bonds is 6. The maximum Gasteiger partial charge on any atom is 0.319 e. The summed E-state index contributed by atoms with van der Waals surface area (Å²) >= 11 is 0. The van der Waals surface area contributed by atoms with Crippen molar-refractivity contribution in [1.82, 2.24) is 10.2 Å². The summed E-state index contributed by atoms with van der Waals surface area (Å²) in [5.41, 5.74) is 0.434. The molecule has 1 unspecified atom stereocenters. The fraction of sp³-hybridized carbons (Fsp3) is 0.556. The third kappa shape index (κ3) is 5.96. The van der Waals surface area contributed by atoms with E-state index in [0.717, 1.165) is 13.1 Å². The Balaban J connectivity index is 1.92. The maximum absolute atomic E-state index is 13.7. The van der Waals surface area contributed by atoms with Gasteiger partial charge in [0.05, 0.1) is 18.9 Å². The molecule has 2 rings (SSSR count). The van der Waals surface area contributed by atoms with Gasteiger partial charge in [-0.05, 0) is 24.1 Å². The second kappa shape index (κ2) is 9.49. The number of nitrogens with one attached hydrogen (secondary N) is 3. The number of carbonyl (C=O) groups excluding carboxylic acids is 2. The van der Waals surface area contributed by atoms with Crippen LogP contribution in [0.15, 0.2) is 18.2 Å². The molecule has 1 aromatic carbocycles. The van der Waals surface area contributed by atoms with Crippen LogP contribution in [0.3, 0.4) is 0 Å². The molecule has 1 heterocycles. The maximum atomic E-state index is 13.7. The van der Waals surface area contributed by atoms with Gasteiger partial charge in [0.25, 0.3) is 0 Å². The molecule has 144 valence electrons. The highest BCUT2D eigenvalue weighted by Gasteiger charge is 2.24. The number of hydrogen-bond acceptors (Lipinski definition) is 4. The normalized spacial score (nSPS) is 16.2. The van der Waals surface area contributed by atoms with E-state index in [4.69, 9.17) is 4.74 Å². The zero-order valence-corrected chi connectivity index (χ0v) is 15.5. The highest BCUT2D eigenvalue weighted by atomic mass is 19.1. The Hall–Kier alpha value is -2.19. The third-order valence-electron chi connectivity index (χ3n) is 4.29. The predicted molar refractivity (Wildman–Crippen MR) is 98.7 cm³/mol. The van der Waals surface area contributed by atoms with E-state index in [1.165, 1.54) is 25.1 Å². The molecule has 1 fully saturated rings. The van der Waals surface area contributed by atoms with E-state index in [1.807, 2.05) is 0 Å². The quantitative estimate of drug-likeness (QED) is 0.721. The van der Waals surface area contributed by atoms with Gasteiger partial charge in [-0.1, -0.05) is 13.8 Å². The summed E-state index contributed by atoms with van der Waals surface area (Å²) in [5, 5.41) is 7.93. The average molecular weight is 366 g/mol. The van der Waals surface area contributed by atoms with Crippen LogP contribution in [-0.4, -0.2) is 55.7 Å². The highest BCUT2D eigenvalue weighted by Crippen LogP contribution is 2.19. The lowest BCUT2D eigenvalue weighted by Gasteiger charge is -2.36. The van der Waals surface area contributed by atoms with Gasteiger partial charge >= 0.3 is 6.03 Å². The number of carbonyl (C=O) groups is 2. The number of amides is 3. The minimum Gasteiger partial charge on any atom is -0.379 e. The van der Waals surface area contributed by atoms with Crippen LogP contribution in [0.1, 0.15) is 20.8 Å². The van der Waals surface area contributed by atoms with Crippen molar-refractivity contribution in [2.24, 2.45) is 5.92 Å². The Morgan fingerprint density at radius 1 is 1.23 bits per heavy atom. The number of anilines is 2. The largest absolute Gasteiger partial charge is 0.379 e. The van der Waals surface area contributed by atoms with Crippen molar-refractivity contribution >= 4 is 23.3 Å². The molecule has 26 heavy (non-hydrogen) atoms. The monoisotopic (exact) mass is 366 g/mol. The minimum atomic E-state index is -0.557. The van der Waals surface area contributed by atoms with Crippen LogP contribution < -0.4 is 16.0 Å². The summed E-state index contributed by atoms with van der Waals surface area (Å²) in [5.74, 6) is -0.556. The highest BCUT2D eigenvalue weighted by molar-refractivity contribution is 5.92. The van der Waals surface area contributed by atoms with Gasteiger partial charge < -0.3 is 20.7 Å². The van der Waals surface area contributed by atoms with Gasteiger partial charge in [0.1, 0.15) is 5.82 Å². The second-order valence-electron chi connectivity index (χ2n) is 6.67. The van der Waals surface area contributed by atoms with Crippen molar-refractivity contribution in [2.45, 2.75) is 26.8 Å². The van der Waals surface area contributed by atoms with Crippen LogP contribution in [0, 0.1) is 11.7 Å². The van der Waals surface area contributed by atoms with Gasteiger partial charge in [0, 0.05) is 38.3 Å². The van der Waals surface area contributed by atoms with E-state index in [2.05, 4.69) is 34.7 Å². The zero-order chi connectivity index (χ0) is 19.1. The smallest absolute Gasteiger partial charge is 0.319 e. The lowest BCUT2D eigenvalue weighted by molar-refractivity contribution is -0.114. The molecule has 0 bridgehead atoms. The van der Waals surface area contributed by atoms with Crippen molar-refractivity contribution in [1.29, 1.82) is 0 Å². The summed E-state index contributed by atoms with van der Waals surface area (Å²) in [6.45, 7) is 9.16. The van der Waals surface area contributed by atoms with Crippen LogP contribution in [0.5, 0.6) is 0 Å².